The summed E-state index contributed by atoms with van der Waals surface area (Å²) in [5, 5.41) is 5.41. The van der Waals surface area contributed by atoms with E-state index in [1.54, 1.807) is 0 Å². The van der Waals surface area contributed by atoms with Crippen LogP contribution < -0.4 is 14.2 Å². The number of furan rings is 1. The quantitative estimate of drug-likeness (QED) is 0.116. The first-order valence-corrected chi connectivity index (χ1v) is 15.1. The van der Waals surface area contributed by atoms with Crippen molar-refractivity contribution >= 4 is 32.5 Å². The molecule has 3 atom stereocenters. The number of para-hydroxylation sites is 1. The van der Waals surface area contributed by atoms with Gasteiger partial charge in [-0.1, -0.05) is 54.6 Å². The highest BCUT2D eigenvalue weighted by Gasteiger charge is 2.28. The Morgan fingerprint density at radius 2 is 1.16 bits per heavy atom. The first-order chi connectivity index (χ1) is 21.8. The Hall–Kier alpha value is -4.56. The first kappa shape index (κ1) is 25.9. The SMILES string of the molecule is c1ccc(-c2oc3c4ccccc4c4ccc(OCC5CO5)cc4c3c2-c2ccc(OCC3CO3)cc2)c(OCC2CO2)c1. The van der Waals surface area contributed by atoms with Crippen LogP contribution in [0.25, 0.3) is 55.0 Å². The lowest BCUT2D eigenvalue weighted by Crippen LogP contribution is -2.04. The van der Waals surface area contributed by atoms with Crippen LogP contribution in [0.3, 0.4) is 0 Å². The topological polar surface area (TPSA) is 78.4 Å². The van der Waals surface area contributed by atoms with E-state index in [2.05, 4.69) is 54.6 Å². The van der Waals surface area contributed by atoms with Crippen molar-refractivity contribution < 1.29 is 32.8 Å². The largest absolute Gasteiger partial charge is 0.491 e. The smallest absolute Gasteiger partial charge is 0.147 e. The maximum atomic E-state index is 6.97. The second kappa shape index (κ2) is 10.6. The highest BCUT2D eigenvalue weighted by Crippen LogP contribution is 2.49. The van der Waals surface area contributed by atoms with Crippen LogP contribution in [-0.2, 0) is 14.2 Å². The zero-order valence-electron chi connectivity index (χ0n) is 24.0. The number of benzene rings is 5. The van der Waals surface area contributed by atoms with E-state index in [9.17, 15) is 0 Å². The van der Waals surface area contributed by atoms with Crippen LogP contribution >= 0.6 is 0 Å². The molecule has 0 bridgehead atoms. The number of ether oxygens (including phenoxy) is 6. The number of hydrogen-bond acceptors (Lipinski definition) is 7. The average Bonchev–Trinajstić information content (AvgIpc) is 3.94. The summed E-state index contributed by atoms with van der Waals surface area (Å²) >= 11 is 0. The number of fused-ring (bicyclic) bond motifs is 6. The molecule has 0 N–H and O–H groups in total. The fourth-order valence-corrected chi connectivity index (χ4v) is 5.87. The molecule has 6 aromatic rings. The van der Waals surface area contributed by atoms with E-state index >= 15 is 0 Å². The molecule has 220 valence electrons. The van der Waals surface area contributed by atoms with Gasteiger partial charge in [0.05, 0.1) is 25.4 Å². The molecule has 44 heavy (non-hydrogen) atoms. The van der Waals surface area contributed by atoms with Gasteiger partial charge in [0.15, 0.2) is 0 Å². The third-order valence-electron chi connectivity index (χ3n) is 8.41. The minimum Gasteiger partial charge on any atom is -0.491 e. The molecule has 4 heterocycles. The molecule has 3 unspecified atom stereocenters. The third kappa shape index (κ3) is 4.93. The van der Waals surface area contributed by atoms with Crippen LogP contribution in [0.2, 0.25) is 0 Å². The van der Waals surface area contributed by atoms with Crippen LogP contribution in [0.5, 0.6) is 17.2 Å². The van der Waals surface area contributed by atoms with Gasteiger partial charge in [0.25, 0.3) is 0 Å². The normalized spacial score (nSPS) is 20.2. The minimum absolute atomic E-state index is 0.138. The maximum Gasteiger partial charge on any atom is 0.147 e. The van der Waals surface area contributed by atoms with Gasteiger partial charge in [-0.05, 0) is 58.1 Å². The molecule has 0 amide bonds. The van der Waals surface area contributed by atoms with E-state index in [1.807, 2.05) is 36.4 Å². The molecule has 3 aliphatic heterocycles. The Morgan fingerprint density at radius 3 is 1.89 bits per heavy atom. The van der Waals surface area contributed by atoms with E-state index in [1.165, 1.54) is 0 Å². The molecular formula is C37H30O7. The van der Waals surface area contributed by atoms with E-state index in [4.69, 9.17) is 32.8 Å². The highest BCUT2D eigenvalue weighted by atomic mass is 16.6. The van der Waals surface area contributed by atoms with Crippen molar-refractivity contribution in [1.82, 2.24) is 0 Å². The number of rotatable bonds is 11. The lowest BCUT2D eigenvalue weighted by Gasteiger charge is -2.12. The second-order valence-corrected chi connectivity index (χ2v) is 11.6. The van der Waals surface area contributed by atoms with Crippen LogP contribution in [-0.4, -0.2) is 58.0 Å². The molecule has 0 spiro atoms. The van der Waals surface area contributed by atoms with Crippen LogP contribution in [0.1, 0.15) is 0 Å². The zero-order valence-corrected chi connectivity index (χ0v) is 24.0. The molecular weight excluding hydrogens is 556 g/mol. The van der Waals surface area contributed by atoms with E-state index in [0.29, 0.717) is 19.8 Å². The summed E-state index contributed by atoms with van der Waals surface area (Å²) in [7, 11) is 0. The molecule has 3 saturated heterocycles. The molecule has 0 aliphatic carbocycles. The van der Waals surface area contributed by atoms with Crippen molar-refractivity contribution in [3.63, 3.8) is 0 Å². The fourth-order valence-electron chi connectivity index (χ4n) is 5.87. The Balaban J connectivity index is 1.28. The van der Waals surface area contributed by atoms with Crippen molar-refractivity contribution in [3.8, 4) is 39.7 Å². The maximum absolute atomic E-state index is 6.97. The lowest BCUT2D eigenvalue weighted by atomic mass is 9.92. The highest BCUT2D eigenvalue weighted by molar-refractivity contribution is 6.28. The Bertz CT molecular complexity index is 2000. The summed E-state index contributed by atoms with van der Waals surface area (Å²) in [6, 6.07) is 31.0. The molecule has 7 nitrogen and oxygen atoms in total. The van der Waals surface area contributed by atoms with Crippen molar-refractivity contribution in [2.75, 3.05) is 39.6 Å². The molecule has 5 aromatic carbocycles. The van der Waals surface area contributed by atoms with Crippen LogP contribution in [0.15, 0.2) is 95.4 Å². The molecule has 3 aliphatic rings. The van der Waals surface area contributed by atoms with Gasteiger partial charge in [-0.2, -0.15) is 0 Å². The van der Waals surface area contributed by atoms with Gasteiger partial charge in [-0.15, -0.1) is 0 Å². The molecule has 0 radical (unpaired) electrons. The van der Waals surface area contributed by atoms with Gasteiger partial charge in [0.2, 0.25) is 0 Å². The van der Waals surface area contributed by atoms with Crippen LogP contribution in [0, 0.1) is 0 Å². The summed E-state index contributed by atoms with van der Waals surface area (Å²) in [4.78, 5) is 0. The van der Waals surface area contributed by atoms with Crippen molar-refractivity contribution in [1.29, 1.82) is 0 Å². The molecule has 7 heteroatoms. The lowest BCUT2D eigenvalue weighted by molar-refractivity contribution is 0.263. The van der Waals surface area contributed by atoms with Gasteiger partial charge in [-0.25, -0.2) is 0 Å². The molecule has 3 fully saturated rings. The van der Waals surface area contributed by atoms with E-state index in [-0.39, 0.29) is 18.3 Å². The Morgan fingerprint density at radius 1 is 0.568 bits per heavy atom. The van der Waals surface area contributed by atoms with Gasteiger partial charge in [-0.3, -0.25) is 0 Å². The van der Waals surface area contributed by atoms with Gasteiger partial charge >= 0.3 is 0 Å². The molecule has 0 saturated carbocycles. The number of epoxide rings is 3. The van der Waals surface area contributed by atoms with E-state index < -0.39 is 0 Å². The van der Waals surface area contributed by atoms with E-state index in [0.717, 1.165) is 92.0 Å². The minimum atomic E-state index is 0.138. The average molecular weight is 587 g/mol. The van der Waals surface area contributed by atoms with Gasteiger partial charge < -0.3 is 32.8 Å². The first-order valence-electron chi connectivity index (χ1n) is 15.1. The number of hydrogen-bond donors (Lipinski definition) is 0. The van der Waals surface area contributed by atoms with Gasteiger partial charge in [0, 0.05) is 16.3 Å². The summed E-state index contributed by atoms with van der Waals surface area (Å²) in [5.74, 6) is 3.12. The zero-order chi connectivity index (χ0) is 29.0. The molecule has 1 aromatic heterocycles. The molecule has 9 rings (SSSR count). The standard InChI is InChI=1S/C37H30O7/c1-2-6-30-28(5-1)29-14-13-24(39-17-26-19-41-26)15-32(29)35-34(22-9-11-23(12-10-22)38-16-25-18-40-25)37(44-36(30)35)31-7-3-4-8-33(31)43-21-27-20-42-27/h1-15,25-27H,16-21H2. The predicted octanol–water partition coefficient (Wildman–Crippen LogP) is 7.41. The second-order valence-electron chi connectivity index (χ2n) is 11.6. The monoisotopic (exact) mass is 586 g/mol. The van der Waals surface area contributed by atoms with Crippen LogP contribution in [0.4, 0.5) is 0 Å². The fraction of sp³-hybridized carbons (Fsp3) is 0.243. The van der Waals surface area contributed by atoms with Crippen molar-refractivity contribution in [2.45, 2.75) is 18.3 Å². The summed E-state index contributed by atoms with van der Waals surface area (Å²) in [6.07, 6.45) is 0.501. The predicted molar refractivity (Wildman–Crippen MR) is 168 cm³/mol. The Labute approximate surface area is 253 Å². The summed E-state index contributed by atoms with van der Waals surface area (Å²) in [6.45, 7) is 3.83. The third-order valence-corrected chi connectivity index (χ3v) is 8.41. The van der Waals surface area contributed by atoms with Gasteiger partial charge in [0.1, 0.15) is 66.7 Å². The summed E-state index contributed by atoms with van der Waals surface area (Å²) in [5.41, 5.74) is 3.73. The van der Waals surface area contributed by atoms with Crippen molar-refractivity contribution in [2.24, 2.45) is 0 Å². The summed E-state index contributed by atoms with van der Waals surface area (Å²) < 4.78 is 41.5. The Kier molecular flexibility index (Phi) is 6.21. The van der Waals surface area contributed by atoms with Crippen molar-refractivity contribution in [3.05, 3.63) is 91.0 Å².